The number of ether oxygens (including phenoxy) is 1. The van der Waals surface area contributed by atoms with Crippen LogP contribution in [0.4, 0.5) is 8.78 Å². The lowest BCUT2D eigenvalue weighted by molar-refractivity contribution is -0.0498. The summed E-state index contributed by atoms with van der Waals surface area (Å²) in [6.07, 6.45) is 0. The van der Waals surface area contributed by atoms with E-state index in [1.807, 2.05) is 0 Å². The molecule has 7 heteroatoms. The zero-order chi connectivity index (χ0) is 16.8. The number of halogens is 3. The molecule has 0 aliphatic rings. The summed E-state index contributed by atoms with van der Waals surface area (Å²) in [5, 5.41) is 12.6. The number of hydrogen-bond donors (Lipinski definition) is 2. The molecule has 0 radical (unpaired) electrons. The molecule has 1 amide bonds. The van der Waals surface area contributed by atoms with Crippen molar-refractivity contribution in [3.63, 3.8) is 0 Å². The lowest BCUT2D eigenvalue weighted by atomic mass is 10.1. The van der Waals surface area contributed by atoms with E-state index in [0.29, 0.717) is 10.6 Å². The summed E-state index contributed by atoms with van der Waals surface area (Å²) in [4.78, 5) is 12.2. The lowest BCUT2D eigenvalue weighted by Crippen LogP contribution is -2.30. The minimum Gasteiger partial charge on any atom is -0.435 e. The molecule has 2 aromatic rings. The molecule has 0 aliphatic carbocycles. The van der Waals surface area contributed by atoms with Crippen LogP contribution in [0.25, 0.3) is 0 Å². The minimum absolute atomic E-state index is 0.0343. The molecular weight excluding hydrogens is 328 g/mol. The summed E-state index contributed by atoms with van der Waals surface area (Å²) in [7, 11) is 0. The number of nitrogens with one attached hydrogen (secondary N) is 1. The van der Waals surface area contributed by atoms with Crippen molar-refractivity contribution in [2.45, 2.75) is 12.7 Å². The van der Waals surface area contributed by atoms with Crippen LogP contribution in [0.3, 0.4) is 0 Å². The molecule has 0 aliphatic heterocycles. The predicted molar refractivity (Wildman–Crippen MR) is 81.8 cm³/mol. The predicted octanol–water partition coefficient (Wildman–Crippen LogP) is 3.40. The first-order chi connectivity index (χ1) is 11.0. The van der Waals surface area contributed by atoms with Crippen LogP contribution in [0, 0.1) is 0 Å². The van der Waals surface area contributed by atoms with Crippen LogP contribution in [0.1, 0.15) is 22.0 Å². The maximum atomic E-state index is 12.2. The Balaban J connectivity index is 2.05. The zero-order valence-corrected chi connectivity index (χ0v) is 12.6. The van der Waals surface area contributed by atoms with E-state index in [1.54, 1.807) is 24.3 Å². The molecule has 0 saturated heterocycles. The quantitative estimate of drug-likeness (QED) is 0.846. The number of benzene rings is 2. The first-order valence-electron chi connectivity index (χ1n) is 6.71. The van der Waals surface area contributed by atoms with E-state index >= 15 is 0 Å². The number of alkyl halides is 2. The Morgan fingerprint density at radius 2 is 1.74 bits per heavy atom. The summed E-state index contributed by atoms with van der Waals surface area (Å²) < 4.78 is 28.4. The Morgan fingerprint density at radius 3 is 2.26 bits per heavy atom. The second kappa shape index (κ2) is 7.89. The van der Waals surface area contributed by atoms with Crippen LogP contribution in [0.15, 0.2) is 48.5 Å². The molecule has 1 atom stereocenters. The molecule has 0 heterocycles. The van der Waals surface area contributed by atoms with E-state index in [1.165, 1.54) is 24.3 Å². The summed E-state index contributed by atoms with van der Waals surface area (Å²) in [5.74, 6) is -0.476. The average molecular weight is 342 g/mol. The maximum absolute atomic E-state index is 12.2. The van der Waals surface area contributed by atoms with Crippen LogP contribution in [0.2, 0.25) is 5.02 Å². The molecule has 23 heavy (non-hydrogen) atoms. The van der Waals surface area contributed by atoms with Crippen LogP contribution in [0.5, 0.6) is 5.75 Å². The standard InChI is InChI=1S/C16H14ClF2NO3/c17-12-5-1-10(2-6-12)14(9-21)20-15(22)11-3-7-13(8-4-11)23-16(18)19/h1-8,14,16,21H,9H2,(H,20,22). The molecule has 0 bridgehead atoms. The smallest absolute Gasteiger partial charge is 0.387 e. The van der Waals surface area contributed by atoms with E-state index < -0.39 is 18.6 Å². The fourth-order valence-corrected chi connectivity index (χ4v) is 2.08. The number of amides is 1. The monoisotopic (exact) mass is 341 g/mol. The second-order valence-electron chi connectivity index (χ2n) is 4.66. The molecule has 2 rings (SSSR count). The highest BCUT2D eigenvalue weighted by Crippen LogP contribution is 2.18. The molecular formula is C16H14ClF2NO3. The first-order valence-corrected chi connectivity index (χ1v) is 7.09. The summed E-state index contributed by atoms with van der Waals surface area (Å²) in [5.41, 5.74) is 0.960. The van der Waals surface area contributed by atoms with Crippen LogP contribution in [-0.2, 0) is 0 Å². The van der Waals surface area contributed by atoms with Crippen molar-refractivity contribution >= 4 is 17.5 Å². The van der Waals surface area contributed by atoms with Crippen molar-refractivity contribution in [3.05, 3.63) is 64.7 Å². The van der Waals surface area contributed by atoms with Gasteiger partial charge in [-0.3, -0.25) is 4.79 Å². The number of hydrogen-bond acceptors (Lipinski definition) is 3. The molecule has 4 nitrogen and oxygen atoms in total. The highest BCUT2D eigenvalue weighted by molar-refractivity contribution is 6.30. The fraction of sp³-hybridized carbons (Fsp3) is 0.188. The minimum atomic E-state index is -2.92. The Bertz CT molecular complexity index is 647. The SMILES string of the molecule is O=C(NC(CO)c1ccc(Cl)cc1)c1ccc(OC(F)F)cc1. The normalized spacial score (nSPS) is 12.0. The number of carbonyl (C=O) groups excluding carboxylic acids is 1. The number of aliphatic hydroxyl groups is 1. The molecule has 0 spiro atoms. The Labute approximate surface area is 136 Å². The number of aliphatic hydroxyl groups excluding tert-OH is 1. The molecule has 2 N–H and O–H groups in total. The van der Waals surface area contributed by atoms with Gasteiger partial charge >= 0.3 is 6.61 Å². The average Bonchev–Trinajstić information content (AvgIpc) is 2.53. The van der Waals surface area contributed by atoms with Crippen LogP contribution < -0.4 is 10.1 Å². The highest BCUT2D eigenvalue weighted by Gasteiger charge is 2.15. The zero-order valence-electron chi connectivity index (χ0n) is 11.9. The molecule has 1 unspecified atom stereocenters. The highest BCUT2D eigenvalue weighted by atomic mass is 35.5. The number of rotatable bonds is 6. The van der Waals surface area contributed by atoms with E-state index in [2.05, 4.69) is 10.1 Å². The summed E-state index contributed by atoms with van der Waals surface area (Å²) in [6, 6.07) is 11.4. The molecule has 0 aromatic heterocycles. The van der Waals surface area contributed by atoms with Gasteiger partial charge in [-0.15, -0.1) is 0 Å². The summed E-state index contributed by atoms with van der Waals surface area (Å²) >= 11 is 5.80. The summed E-state index contributed by atoms with van der Waals surface area (Å²) in [6.45, 7) is -3.21. The van der Waals surface area contributed by atoms with Gasteiger partial charge in [0.1, 0.15) is 5.75 Å². The molecule has 2 aromatic carbocycles. The number of carbonyl (C=O) groups is 1. The van der Waals surface area contributed by atoms with Gasteiger partial charge in [-0.1, -0.05) is 23.7 Å². The topological polar surface area (TPSA) is 58.6 Å². The van der Waals surface area contributed by atoms with Gasteiger partial charge in [-0.2, -0.15) is 8.78 Å². The Kier molecular flexibility index (Phi) is 5.90. The van der Waals surface area contributed by atoms with Gasteiger partial charge in [-0.05, 0) is 42.0 Å². The molecule has 122 valence electrons. The van der Waals surface area contributed by atoms with Gasteiger partial charge in [-0.25, -0.2) is 0 Å². The van der Waals surface area contributed by atoms with Crippen LogP contribution in [-0.4, -0.2) is 24.2 Å². The van der Waals surface area contributed by atoms with Crippen molar-refractivity contribution in [1.82, 2.24) is 5.32 Å². The van der Waals surface area contributed by atoms with Crippen molar-refractivity contribution < 1.29 is 23.4 Å². The maximum Gasteiger partial charge on any atom is 0.387 e. The van der Waals surface area contributed by atoms with Crippen LogP contribution >= 0.6 is 11.6 Å². The van der Waals surface area contributed by atoms with Gasteiger partial charge in [0.05, 0.1) is 12.6 Å². The Hall–Kier alpha value is -2.18. The second-order valence-corrected chi connectivity index (χ2v) is 5.10. The van der Waals surface area contributed by atoms with Gasteiger partial charge in [0, 0.05) is 10.6 Å². The van der Waals surface area contributed by atoms with Crippen molar-refractivity contribution in [2.75, 3.05) is 6.61 Å². The van der Waals surface area contributed by atoms with E-state index in [-0.39, 0.29) is 17.9 Å². The fourth-order valence-electron chi connectivity index (χ4n) is 1.96. The van der Waals surface area contributed by atoms with Gasteiger partial charge in [0.15, 0.2) is 0 Å². The van der Waals surface area contributed by atoms with Gasteiger partial charge in [0.25, 0.3) is 5.91 Å². The third kappa shape index (κ3) is 4.91. The molecule has 0 saturated carbocycles. The first kappa shape index (κ1) is 17.2. The van der Waals surface area contributed by atoms with Crippen molar-refractivity contribution in [3.8, 4) is 5.75 Å². The van der Waals surface area contributed by atoms with Crippen molar-refractivity contribution in [2.24, 2.45) is 0 Å². The van der Waals surface area contributed by atoms with E-state index in [9.17, 15) is 18.7 Å². The lowest BCUT2D eigenvalue weighted by Gasteiger charge is -2.17. The Morgan fingerprint density at radius 1 is 1.13 bits per heavy atom. The van der Waals surface area contributed by atoms with Gasteiger partial charge < -0.3 is 15.2 Å². The van der Waals surface area contributed by atoms with Gasteiger partial charge in [0.2, 0.25) is 0 Å². The molecule has 0 fully saturated rings. The van der Waals surface area contributed by atoms with E-state index in [4.69, 9.17) is 11.6 Å². The third-order valence-electron chi connectivity index (χ3n) is 3.10. The third-order valence-corrected chi connectivity index (χ3v) is 3.35. The van der Waals surface area contributed by atoms with E-state index in [0.717, 1.165) is 0 Å². The largest absolute Gasteiger partial charge is 0.435 e. The van der Waals surface area contributed by atoms with Crippen molar-refractivity contribution in [1.29, 1.82) is 0 Å².